The second-order valence-electron chi connectivity index (χ2n) is 15.2. The molecule has 1 unspecified atom stereocenters. The van der Waals surface area contributed by atoms with Gasteiger partial charge in [0.15, 0.2) is 6.10 Å². The lowest BCUT2D eigenvalue weighted by Gasteiger charge is -2.18. The van der Waals surface area contributed by atoms with Crippen molar-refractivity contribution in [1.29, 1.82) is 0 Å². The van der Waals surface area contributed by atoms with E-state index in [4.69, 9.17) is 14.2 Å². The van der Waals surface area contributed by atoms with E-state index in [-0.39, 0.29) is 31.1 Å². The van der Waals surface area contributed by atoms with Gasteiger partial charge in [0.1, 0.15) is 13.2 Å². The Morgan fingerprint density at radius 3 is 1.07 bits per heavy atom. The van der Waals surface area contributed by atoms with Crippen molar-refractivity contribution in [3.05, 3.63) is 97.2 Å². The van der Waals surface area contributed by atoms with Gasteiger partial charge < -0.3 is 14.2 Å². The van der Waals surface area contributed by atoms with E-state index in [1.54, 1.807) is 0 Å². The van der Waals surface area contributed by atoms with Crippen LogP contribution in [0.15, 0.2) is 97.2 Å². The lowest BCUT2D eigenvalue weighted by atomic mass is 10.1. The van der Waals surface area contributed by atoms with Crippen LogP contribution in [0.4, 0.5) is 0 Å². The van der Waals surface area contributed by atoms with Crippen LogP contribution in [0.2, 0.25) is 0 Å². The molecule has 0 aliphatic heterocycles. The molecule has 0 bridgehead atoms. The number of unbranched alkanes of at least 4 members (excludes halogenated alkanes) is 14. The van der Waals surface area contributed by atoms with Gasteiger partial charge >= 0.3 is 17.9 Å². The van der Waals surface area contributed by atoms with Crippen molar-refractivity contribution < 1.29 is 28.6 Å². The Morgan fingerprint density at radius 1 is 0.356 bits per heavy atom. The summed E-state index contributed by atoms with van der Waals surface area (Å²) in [6.45, 7) is 6.29. The first kappa shape index (κ1) is 55.3. The van der Waals surface area contributed by atoms with Gasteiger partial charge in [-0.2, -0.15) is 0 Å². The number of rotatable bonds is 41. The van der Waals surface area contributed by atoms with Crippen LogP contribution in [-0.2, 0) is 28.6 Å². The molecule has 0 aromatic rings. The largest absolute Gasteiger partial charge is 0.462 e. The number of carbonyl (C=O) groups excluding carboxylic acids is 3. The smallest absolute Gasteiger partial charge is 0.306 e. The maximum atomic E-state index is 12.7. The average Bonchev–Trinajstić information content (AvgIpc) is 3.23. The van der Waals surface area contributed by atoms with Gasteiger partial charge in [0.25, 0.3) is 0 Å². The molecular formula is C53H86O6. The molecule has 0 amide bonds. The van der Waals surface area contributed by atoms with Crippen molar-refractivity contribution in [2.45, 2.75) is 207 Å². The van der Waals surface area contributed by atoms with Gasteiger partial charge in [0, 0.05) is 19.3 Å². The highest BCUT2D eigenvalue weighted by atomic mass is 16.6. The van der Waals surface area contributed by atoms with Crippen molar-refractivity contribution in [3.8, 4) is 0 Å². The zero-order valence-corrected chi connectivity index (χ0v) is 38.0. The normalized spacial score (nSPS) is 12.9. The molecule has 334 valence electrons. The summed E-state index contributed by atoms with van der Waals surface area (Å²) in [6.07, 6.45) is 61.1. The molecule has 0 spiro atoms. The van der Waals surface area contributed by atoms with Gasteiger partial charge in [0.2, 0.25) is 0 Å². The van der Waals surface area contributed by atoms with E-state index in [0.29, 0.717) is 19.3 Å². The van der Waals surface area contributed by atoms with E-state index in [1.807, 2.05) is 0 Å². The summed E-state index contributed by atoms with van der Waals surface area (Å²) in [4.78, 5) is 37.8. The van der Waals surface area contributed by atoms with E-state index in [9.17, 15) is 14.4 Å². The standard InChI is InChI=1S/C53H86O6/c1-4-7-10-13-16-19-22-24-25-26-27-28-29-30-32-34-37-40-43-46-52(55)58-49-50(48-57-51(54)45-42-39-36-33-21-18-15-12-9-6-3)59-53(56)47-44-41-38-35-31-23-20-17-14-11-8-5-2/h7-8,10-11,15-20,24-25,27-28,30,32,50H,4-6,9,12-14,21-23,26,29,31,33-49H2,1-3H3/b10-7-,11-8-,18-15-,19-16-,20-17-,25-24-,28-27-,32-30-. The minimum absolute atomic E-state index is 0.102. The SMILES string of the molecule is CC/C=C\C/C=C\C/C=C\C/C=C\C/C=C\CCCCCC(=O)OCC(COC(=O)CCCCCC/C=C\CCCC)OC(=O)CCCCCCC/C=C\C/C=C\CC. The topological polar surface area (TPSA) is 78.9 Å². The van der Waals surface area contributed by atoms with Crippen molar-refractivity contribution >= 4 is 17.9 Å². The van der Waals surface area contributed by atoms with E-state index >= 15 is 0 Å². The van der Waals surface area contributed by atoms with Crippen molar-refractivity contribution in [3.63, 3.8) is 0 Å². The molecule has 59 heavy (non-hydrogen) atoms. The summed E-state index contributed by atoms with van der Waals surface area (Å²) in [5.41, 5.74) is 0. The third-order valence-electron chi connectivity index (χ3n) is 9.55. The quantitative estimate of drug-likeness (QED) is 0.0265. The van der Waals surface area contributed by atoms with Crippen LogP contribution in [0.1, 0.15) is 201 Å². The van der Waals surface area contributed by atoms with Crippen LogP contribution in [0.25, 0.3) is 0 Å². The highest BCUT2D eigenvalue weighted by molar-refractivity contribution is 5.71. The van der Waals surface area contributed by atoms with Crippen molar-refractivity contribution in [1.82, 2.24) is 0 Å². The molecule has 0 rings (SSSR count). The molecule has 0 aromatic carbocycles. The number of hydrogen-bond acceptors (Lipinski definition) is 6. The Balaban J connectivity index is 4.44. The van der Waals surface area contributed by atoms with Gasteiger partial charge in [-0.15, -0.1) is 0 Å². The molecule has 6 nitrogen and oxygen atoms in total. The van der Waals surface area contributed by atoms with E-state index < -0.39 is 6.10 Å². The molecule has 6 heteroatoms. The lowest BCUT2D eigenvalue weighted by Crippen LogP contribution is -2.30. The zero-order valence-electron chi connectivity index (χ0n) is 38.0. The Bertz CT molecular complexity index is 1220. The fourth-order valence-electron chi connectivity index (χ4n) is 6.01. The lowest BCUT2D eigenvalue weighted by molar-refractivity contribution is -0.167. The number of hydrogen-bond donors (Lipinski definition) is 0. The molecule has 1 atom stereocenters. The fourth-order valence-corrected chi connectivity index (χ4v) is 6.01. The summed E-state index contributed by atoms with van der Waals surface area (Å²) in [5, 5.41) is 0. The van der Waals surface area contributed by atoms with Crippen molar-refractivity contribution in [2.24, 2.45) is 0 Å². The first-order valence-electron chi connectivity index (χ1n) is 23.7. The second-order valence-corrected chi connectivity index (χ2v) is 15.2. The van der Waals surface area contributed by atoms with Crippen LogP contribution >= 0.6 is 0 Å². The highest BCUT2D eigenvalue weighted by Crippen LogP contribution is 2.12. The maximum absolute atomic E-state index is 12.7. The predicted octanol–water partition coefficient (Wildman–Crippen LogP) is 15.4. The average molecular weight is 819 g/mol. The molecule has 0 heterocycles. The van der Waals surface area contributed by atoms with Crippen LogP contribution < -0.4 is 0 Å². The molecule has 0 radical (unpaired) electrons. The minimum atomic E-state index is -0.802. The molecule has 0 N–H and O–H groups in total. The number of esters is 3. The van der Waals surface area contributed by atoms with Gasteiger partial charge in [-0.05, 0) is 109 Å². The van der Waals surface area contributed by atoms with Gasteiger partial charge in [-0.25, -0.2) is 0 Å². The van der Waals surface area contributed by atoms with Crippen molar-refractivity contribution in [2.75, 3.05) is 13.2 Å². The molecule has 0 saturated heterocycles. The maximum Gasteiger partial charge on any atom is 0.306 e. The summed E-state index contributed by atoms with van der Waals surface area (Å²) in [5.74, 6) is -0.972. The molecule has 0 aromatic heterocycles. The van der Waals surface area contributed by atoms with Crippen LogP contribution in [0.5, 0.6) is 0 Å². The number of allylic oxidation sites excluding steroid dienone is 16. The Labute approximate surface area is 362 Å². The van der Waals surface area contributed by atoms with E-state index in [0.717, 1.165) is 148 Å². The molecule has 0 saturated carbocycles. The first-order valence-corrected chi connectivity index (χ1v) is 23.7. The zero-order chi connectivity index (χ0) is 43.0. The Morgan fingerprint density at radius 2 is 0.661 bits per heavy atom. The van der Waals surface area contributed by atoms with Gasteiger partial charge in [0.05, 0.1) is 0 Å². The van der Waals surface area contributed by atoms with Crippen LogP contribution in [-0.4, -0.2) is 37.2 Å². The first-order chi connectivity index (χ1) is 29.0. The number of ether oxygens (including phenoxy) is 3. The molecule has 0 aliphatic rings. The Kier molecular flexibility index (Phi) is 44.1. The third-order valence-corrected chi connectivity index (χ3v) is 9.55. The summed E-state index contributed by atoms with van der Waals surface area (Å²) in [6, 6.07) is 0. The van der Waals surface area contributed by atoms with Gasteiger partial charge in [-0.1, -0.05) is 169 Å². The summed E-state index contributed by atoms with van der Waals surface area (Å²) in [7, 11) is 0. The Hall–Kier alpha value is -3.67. The van der Waals surface area contributed by atoms with Crippen LogP contribution in [0.3, 0.4) is 0 Å². The predicted molar refractivity (Wildman–Crippen MR) is 251 cm³/mol. The highest BCUT2D eigenvalue weighted by Gasteiger charge is 2.19. The summed E-state index contributed by atoms with van der Waals surface area (Å²) < 4.78 is 16.7. The minimum Gasteiger partial charge on any atom is -0.462 e. The summed E-state index contributed by atoms with van der Waals surface area (Å²) >= 11 is 0. The third kappa shape index (κ3) is 45.3. The molecule has 0 fully saturated rings. The number of carbonyl (C=O) groups is 3. The van der Waals surface area contributed by atoms with Gasteiger partial charge in [-0.3, -0.25) is 14.4 Å². The van der Waals surface area contributed by atoms with E-state index in [1.165, 1.54) is 12.8 Å². The monoisotopic (exact) mass is 819 g/mol. The second kappa shape index (κ2) is 47.0. The fraction of sp³-hybridized carbons (Fsp3) is 0.642. The molecular weight excluding hydrogens is 733 g/mol. The molecule has 0 aliphatic carbocycles. The van der Waals surface area contributed by atoms with E-state index in [2.05, 4.69) is 118 Å². The van der Waals surface area contributed by atoms with Crippen LogP contribution in [0, 0.1) is 0 Å².